The van der Waals surface area contributed by atoms with Gasteiger partial charge in [0.2, 0.25) is 0 Å². The van der Waals surface area contributed by atoms with E-state index < -0.39 is 27.6 Å². The first-order chi connectivity index (χ1) is 12.3. The summed E-state index contributed by atoms with van der Waals surface area (Å²) in [6.45, 7) is 1.18. The number of nitro benzene ring substituents is 1. The van der Waals surface area contributed by atoms with Crippen molar-refractivity contribution in [3.05, 3.63) is 69.8 Å². The molecular weight excluding hydrogens is 406 g/mol. The largest absolute Gasteiger partial charge is 0.426 e. The second-order valence-electron chi connectivity index (χ2n) is 5.36. The molecule has 7 nitrogen and oxygen atoms in total. The number of methoxy groups -OCH3 is 1. The molecule has 2 rings (SSSR count). The van der Waals surface area contributed by atoms with Crippen LogP contribution in [0.1, 0.15) is 28.9 Å². The monoisotopic (exact) mass is 421 g/mol. The van der Waals surface area contributed by atoms with Gasteiger partial charge in [-0.2, -0.15) is 0 Å². The highest BCUT2D eigenvalue weighted by Crippen LogP contribution is 2.33. The Labute approximate surface area is 158 Å². The van der Waals surface area contributed by atoms with Gasteiger partial charge in [0.1, 0.15) is 16.7 Å². The van der Waals surface area contributed by atoms with Gasteiger partial charge < -0.3 is 9.47 Å². The SMILES string of the molecule is COC(c1ccccc1)C(Br)C(=O)c1cc([N+](=O)[O-])ccc1OC(C)=O. The fourth-order valence-electron chi connectivity index (χ4n) is 2.42. The maximum atomic E-state index is 13.0. The van der Waals surface area contributed by atoms with Crippen LogP contribution in [-0.4, -0.2) is 28.6 Å². The molecule has 2 aromatic carbocycles. The Hall–Kier alpha value is -2.58. The van der Waals surface area contributed by atoms with Crippen molar-refractivity contribution < 1.29 is 24.0 Å². The third-order valence-corrected chi connectivity index (χ3v) is 4.49. The molecule has 2 aromatic rings. The van der Waals surface area contributed by atoms with E-state index in [-0.39, 0.29) is 17.0 Å². The van der Waals surface area contributed by atoms with Gasteiger partial charge in [-0.1, -0.05) is 46.3 Å². The fourth-order valence-corrected chi connectivity index (χ4v) is 3.19. The van der Waals surface area contributed by atoms with E-state index in [9.17, 15) is 19.7 Å². The van der Waals surface area contributed by atoms with Gasteiger partial charge in [-0.15, -0.1) is 0 Å². The van der Waals surface area contributed by atoms with Crippen LogP contribution >= 0.6 is 15.9 Å². The van der Waals surface area contributed by atoms with Crippen LogP contribution in [0.3, 0.4) is 0 Å². The lowest BCUT2D eigenvalue weighted by atomic mass is 9.99. The topological polar surface area (TPSA) is 95.7 Å². The van der Waals surface area contributed by atoms with Crippen LogP contribution < -0.4 is 4.74 Å². The first-order valence-corrected chi connectivity index (χ1v) is 8.49. The molecule has 0 radical (unpaired) electrons. The van der Waals surface area contributed by atoms with Crippen LogP contribution in [0.15, 0.2) is 48.5 Å². The molecular formula is C18H16BrNO6. The van der Waals surface area contributed by atoms with E-state index in [2.05, 4.69) is 15.9 Å². The highest BCUT2D eigenvalue weighted by atomic mass is 79.9. The Morgan fingerprint density at radius 2 is 1.81 bits per heavy atom. The van der Waals surface area contributed by atoms with Gasteiger partial charge in [0.15, 0.2) is 5.78 Å². The van der Waals surface area contributed by atoms with Crippen molar-refractivity contribution in [1.82, 2.24) is 0 Å². The lowest BCUT2D eigenvalue weighted by molar-refractivity contribution is -0.384. The number of carbonyl (C=O) groups is 2. The number of alkyl halides is 1. The van der Waals surface area contributed by atoms with Gasteiger partial charge in [-0.3, -0.25) is 19.7 Å². The maximum absolute atomic E-state index is 13.0. The molecule has 0 aromatic heterocycles. The predicted molar refractivity (Wildman–Crippen MR) is 97.6 cm³/mol. The van der Waals surface area contributed by atoms with Crippen LogP contribution in [0.4, 0.5) is 5.69 Å². The molecule has 0 aliphatic rings. The van der Waals surface area contributed by atoms with Crippen LogP contribution in [-0.2, 0) is 9.53 Å². The second-order valence-corrected chi connectivity index (χ2v) is 6.35. The lowest BCUT2D eigenvalue weighted by Gasteiger charge is -2.21. The van der Waals surface area contributed by atoms with Crippen LogP contribution in [0.25, 0.3) is 0 Å². The summed E-state index contributed by atoms with van der Waals surface area (Å²) >= 11 is 3.32. The molecule has 0 amide bonds. The quantitative estimate of drug-likeness (QED) is 0.168. The van der Waals surface area contributed by atoms with Gasteiger partial charge in [0, 0.05) is 26.2 Å². The Bertz CT molecular complexity index is 824. The van der Waals surface area contributed by atoms with Crippen molar-refractivity contribution >= 4 is 33.4 Å². The summed E-state index contributed by atoms with van der Waals surface area (Å²) in [7, 11) is 1.46. The number of ketones is 1. The molecule has 0 bridgehead atoms. The normalized spacial score (nSPS) is 12.9. The number of rotatable bonds is 7. The second kappa shape index (κ2) is 8.68. The van der Waals surface area contributed by atoms with E-state index in [0.717, 1.165) is 11.6 Å². The minimum Gasteiger partial charge on any atom is -0.426 e. The molecule has 26 heavy (non-hydrogen) atoms. The van der Waals surface area contributed by atoms with Crippen LogP contribution in [0, 0.1) is 10.1 Å². The number of nitrogens with zero attached hydrogens (tertiary/aromatic N) is 1. The van der Waals surface area contributed by atoms with Crippen molar-refractivity contribution in [2.24, 2.45) is 0 Å². The Kier molecular flexibility index (Phi) is 6.59. The highest BCUT2D eigenvalue weighted by Gasteiger charge is 2.31. The third kappa shape index (κ3) is 4.53. The molecule has 0 saturated carbocycles. The number of benzene rings is 2. The number of ether oxygens (including phenoxy) is 2. The average molecular weight is 422 g/mol. The summed E-state index contributed by atoms with van der Waals surface area (Å²) in [6.07, 6.45) is -0.631. The third-order valence-electron chi connectivity index (χ3n) is 3.59. The Morgan fingerprint density at radius 3 is 2.35 bits per heavy atom. The van der Waals surface area contributed by atoms with Crippen molar-refractivity contribution in [3.8, 4) is 5.75 Å². The average Bonchev–Trinajstić information content (AvgIpc) is 2.62. The van der Waals surface area contributed by atoms with Crippen molar-refractivity contribution in [2.75, 3.05) is 7.11 Å². The van der Waals surface area contributed by atoms with Gasteiger partial charge in [0.25, 0.3) is 5.69 Å². The minimum absolute atomic E-state index is 0.0412. The molecule has 0 fully saturated rings. The fraction of sp³-hybridized carbons (Fsp3) is 0.222. The molecule has 8 heteroatoms. The van der Waals surface area contributed by atoms with E-state index in [1.54, 1.807) is 12.1 Å². The summed E-state index contributed by atoms with van der Waals surface area (Å²) in [5.41, 5.74) is 0.400. The number of hydrogen-bond donors (Lipinski definition) is 0. The van der Waals surface area contributed by atoms with E-state index in [0.29, 0.717) is 0 Å². The zero-order chi connectivity index (χ0) is 19.3. The highest BCUT2D eigenvalue weighted by molar-refractivity contribution is 9.10. The molecule has 2 unspecified atom stereocenters. The lowest BCUT2D eigenvalue weighted by Crippen LogP contribution is -2.25. The Morgan fingerprint density at radius 1 is 1.15 bits per heavy atom. The number of Topliss-reactive ketones (excluding diaryl/α,β-unsaturated/α-hetero) is 1. The van der Waals surface area contributed by atoms with Crippen LogP contribution in [0.2, 0.25) is 0 Å². The maximum Gasteiger partial charge on any atom is 0.308 e. The van der Waals surface area contributed by atoms with E-state index in [1.807, 2.05) is 18.2 Å². The minimum atomic E-state index is -0.841. The first kappa shape index (κ1) is 19.7. The molecule has 136 valence electrons. The van der Waals surface area contributed by atoms with E-state index in [1.165, 1.54) is 26.2 Å². The summed E-state index contributed by atoms with van der Waals surface area (Å²) in [6, 6.07) is 12.5. The zero-order valence-electron chi connectivity index (χ0n) is 14.0. The molecule has 0 saturated heterocycles. The molecule has 0 spiro atoms. The summed E-state index contributed by atoms with van der Waals surface area (Å²) in [5.74, 6) is -1.17. The molecule has 0 aliphatic carbocycles. The van der Waals surface area contributed by atoms with Gasteiger partial charge >= 0.3 is 5.97 Å². The van der Waals surface area contributed by atoms with E-state index in [4.69, 9.17) is 9.47 Å². The Balaban J connectivity index is 2.44. The van der Waals surface area contributed by atoms with Crippen molar-refractivity contribution in [1.29, 1.82) is 0 Å². The predicted octanol–water partition coefficient (Wildman–Crippen LogP) is 3.85. The number of hydrogen-bond acceptors (Lipinski definition) is 6. The number of nitro groups is 1. The zero-order valence-corrected chi connectivity index (χ0v) is 15.6. The number of halogens is 1. The molecule has 0 aliphatic heterocycles. The van der Waals surface area contributed by atoms with E-state index >= 15 is 0 Å². The molecule has 0 heterocycles. The van der Waals surface area contributed by atoms with Crippen molar-refractivity contribution in [2.45, 2.75) is 17.9 Å². The standard InChI is InChI=1S/C18H16BrNO6/c1-11(21)26-15-9-8-13(20(23)24)10-14(15)17(22)16(19)18(25-2)12-6-4-3-5-7-12/h3-10,16,18H,1-2H3. The summed E-state index contributed by atoms with van der Waals surface area (Å²) < 4.78 is 10.5. The molecule has 2 atom stereocenters. The van der Waals surface area contributed by atoms with Gasteiger partial charge in [0.05, 0.1) is 10.5 Å². The smallest absolute Gasteiger partial charge is 0.308 e. The summed E-state index contributed by atoms with van der Waals surface area (Å²) in [4.78, 5) is 33.8. The van der Waals surface area contributed by atoms with Crippen LogP contribution in [0.5, 0.6) is 5.75 Å². The number of carbonyl (C=O) groups excluding carboxylic acids is 2. The van der Waals surface area contributed by atoms with Gasteiger partial charge in [-0.25, -0.2) is 0 Å². The van der Waals surface area contributed by atoms with Crippen molar-refractivity contribution in [3.63, 3.8) is 0 Å². The number of esters is 1. The molecule has 0 N–H and O–H groups in total. The number of non-ortho nitro benzene ring substituents is 1. The first-order valence-electron chi connectivity index (χ1n) is 7.58. The summed E-state index contributed by atoms with van der Waals surface area (Å²) in [5, 5.41) is 11.0. The van der Waals surface area contributed by atoms with Gasteiger partial charge in [-0.05, 0) is 11.6 Å².